The molecule has 7 nitrogen and oxygen atoms in total. The molecule has 2 atom stereocenters. The summed E-state index contributed by atoms with van der Waals surface area (Å²) in [5, 5.41) is 6.36. The van der Waals surface area contributed by atoms with Crippen LogP contribution >= 0.6 is 0 Å². The summed E-state index contributed by atoms with van der Waals surface area (Å²) in [6, 6.07) is -0.0194. The number of hydrogen-bond donors (Lipinski definition) is 2. The molecule has 2 saturated heterocycles. The molecule has 2 heterocycles. The fourth-order valence-corrected chi connectivity index (χ4v) is 3.80. The molecule has 0 aromatic heterocycles. The quantitative estimate of drug-likeness (QED) is 0.532. The number of hydrogen-bond acceptors (Lipinski definition) is 4. The summed E-state index contributed by atoms with van der Waals surface area (Å²) in [4.78, 5) is 19.0. The number of nitrogens with zero attached hydrogens (tertiary/aromatic N) is 2. The van der Waals surface area contributed by atoms with Crippen molar-refractivity contribution in [2.24, 2.45) is 16.3 Å². The first kappa shape index (κ1) is 20.8. The lowest BCUT2D eigenvalue weighted by Gasteiger charge is -2.26. The Bertz CT molecular complexity index is 475. The smallest absolute Gasteiger partial charge is 0.407 e. The van der Waals surface area contributed by atoms with E-state index in [1.54, 1.807) is 0 Å². The first-order chi connectivity index (χ1) is 12.5. The molecule has 0 saturated carbocycles. The number of amides is 1. The minimum Gasteiger partial charge on any atom is -0.450 e. The zero-order chi connectivity index (χ0) is 19.0. The summed E-state index contributed by atoms with van der Waals surface area (Å²) in [6.07, 6.45) is 2.82. The summed E-state index contributed by atoms with van der Waals surface area (Å²) < 4.78 is 10.7. The van der Waals surface area contributed by atoms with Crippen LogP contribution in [0.4, 0.5) is 4.79 Å². The van der Waals surface area contributed by atoms with Crippen molar-refractivity contribution in [1.29, 1.82) is 0 Å². The Morgan fingerprint density at radius 3 is 2.77 bits per heavy atom. The maximum Gasteiger partial charge on any atom is 0.407 e. The maximum absolute atomic E-state index is 11.8. The third kappa shape index (κ3) is 6.04. The van der Waals surface area contributed by atoms with E-state index >= 15 is 0 Å². The van der Waals surface area contributed by atoms with Crippen molar-refractivity contribution in [3.63, 3.8) is 0 Å². The van der Waals surface area contributed by atoms with E-state index in [4.69, 9.17) is 14.5 Å². The van der Waals surface area contributed by atoms with E-state index < -0.39 is 0 Å². The number of guanidine groups is 1. The summed E-state index contributed by atoms with van der Waals surface area (Å²) in [5.74, 6) is 1.42. The number of nitrogens with one attached hydrogen (secondary N) is 2. The van der Waals surface area contributed by atoms with Gasteiger partial charge >= 0.3 is 6.09 Å². The van der Waals surface area contributed by atoms with Gasteiger partial charge in [-0.2, -0.15) is 0 Å². The van der Waals surface area contributed by atoms with E-state index in [1.165, 1.54) is 0 Å². The second kappa shape index (κ2) is 10.00. The Balaban J connectivity index is 1.99. The molecule has 0 bridgehead atoms. The van der Waals surface area contributed by atoms with Crippen molar-refractivity contribution in [3.8, 4) is 0 Å². The van der Waals surface area contributed by atoms with Gasteiger partial charge in [-0.25, -0.2) is 4.79 Å². The number of likely N-dealkylation sites (tertiary alicyclic amines) is 1. The van der Waals surface area contributed by atoms with E-state index in [0.717, 1.165) is 58.1 Å². The molecule has 7 heteroatoms. The largest absolute Gasteiger partial charge is 0.450 e. The number of aliphatic imine (C=N–C) groups is 1. The van der Waals surface area contributed by atoms with Crippen LogP contribution in [-0.4, -0.2) is 69.0 Å². The average Bonchev–Trinajstić information content (AvgIpc) is 3.21. The van der Waals surface area contributed by atoms with Crippen LogP contribution in [0.3, 0.4) is 0 Å². The monoisotopic (exact) mass is 368 g/mol. The second-order valence-corrected chi connectivity index (χ2v) is 7.86. The van der Waals surface area contributed by atoms with Gasteiger partial charge in [0.25, 0.3) is 0 Å². The van der Waals surface area contributed by atoms with Gasteiger partial charge in [-0.1, -0.05) is 13.8 Å². The van der Waals surface area contributed by atoms with Gasteiger partial charge in [-0.05, 0) is 39.0 Å². The van der Waals surface area contributed by atoms with Crippen molar-refractivity contribution in [3.05, 3.63) is 0 Å². The first-order valence-electron chi connectivity index (χ1n) is 10.0. The molecule has 2 unspecified atom stereocenters. The molecule has 150 valence electrons. The molecular weight excluding hydrogens is 332 g/mol. The highest BCUT2D eigenvalue weighted by Gasteiger charge is 2.42. The van der Waals surface area contributed by atoms with Crippen molar-refractivity contribution < 1.29 is 14.3 Å². The molecule has 1 spiro atoms. The van der Waals surface area contributed by atoms with Gasteiger partial charge in [-0.15, -0.1) is 0 Å². The van der Waals surface area contributed by atoms with Crippen LogP contribution in [0.2, 0.25) is 0 Å². The molecule has 0 aliphatic carbocycles. The van der Waals surface area contributed by atoms with Gasteiger partial charge in [0.15, 0.2) is 5.96 Å². The molecule has 1 amide bonds. The zero-order valence-electron chi connectivity index (χ0n) is 16.8. The van der Waals surface area contributed by atoms with Crippen LogP contribution in [0.15, 0.2) is 4.99 Å². The van der Waals surface area contributed by atoms with E-state index in [-0.39, 0.29) is 12.1 Å². The lowest BCUT2D eigenvalue weighted by atomic mass is 9.87. The minimum atomic E-state index is -0.360. The summed E-state index contributed by atoms with van der Waals surface area (Å²) in [7, 11) is 0. The average molecular weight is 369 g/mol. The number of carbonyl (C=O) groups is 1. The van der Waals surface area contributed by atoms with Crippen LogP contribution in [0.25, 0.3) is 0 Å². The van der Waals surface area contributed by atoms with E-state index in [9.17, 15) is 4.79 Å². The molecular formula is C19H36N4O3. The van der Waals surface area contributed by atoms with Crippen molar-refractivity contribution in [2.45, 2.75) is 53.0 Å². The zero-order valence-corrected chi connectivity index (χ0v) is 16.8. The Kier molecular flexibility index (Phi) is 8.00. The Hall–Kier alpha value is -1.50. The highest BCUT2D eigenvalue weighted by molar-refractivity contribution is 5.80. The van der Waals surface area contributed by atoms with E-state index in [0.29, 0.717) is 24.5 Å². The normalized spacial score (nSPS) is 24.3. The molecule has 2 aliphatic rings. The Morgan fingerprint density at radius 1 is 1.35 bits per heavy atom. The lowest BCUT2D eigenvalue weighted by molar-refractivity contribution is 0.147. The van der Waals surface area contributed by atoms with Crippen LogP contribution in [-0.2, 0) is 9.47 Å². The second-order valence-electron chi connectivity index (χ2n) is 7.86. The van der Waals surface area contributed by atoms with Crippen molar-refractivity contribution in [2.75, 3.05) is 46.0 Å². The van der Waals surface area contributed by atoms with Gasteiger partial charge in [0.05, 0.1) is 25.8 Å². The fourth-order valence-electron chi connectivity index (χ4n) is 3.80. The Morgan fingerprint density at radius 2 is 2.15 bits per heavy atom. The van der Waals surface area contributed by atoms with Gasteiger partial charge in [-0.3, -0.25) is 4.99 Å². The fraction of sp³-hybridized carbons (Fsp3) is 0.895. The molecule has 26 heavy (non-hydrogen) atoms. The topological polar surface area (TPSA) is 75.2 Å². The van der Waals surface area contributed by atoms with E-state index in [2.05, 4.69) is 36.3 Å². The highest BCUT2D eigenvalue weighted by Crippen LogP contribution is 2.38. The Labute approximate surface area is 157 Å². The number of alkyl carbamates (subject to hydrolysis) is 1. The van der Waals surface area contributed by atoms with Crippen LogP contribution in [0.1, 0.15) is 47.0 Å². The van der Waals surface area contributed by atoms with Crippen molar-refractivity contribution >= 4 is 12.1 Å². The lowest BCUT2D eigenvalue weighted by Crippen LogP contribution is -2.43. The van der Waals surface area contributed by atoms with Crippen LogP contribution in [0, 0.1) is 11.3 Å². The SMILES string of the molecule is CCNC(=NCC(CC(C)C)NC(=O)OCC)N1CCC2(CCOC2)C1. The summed E-state index contributed by atoms with van der Waals surface area (Å²) in [5.41, 5.74) is 0.302. The molecule has 2 rings (SSSR count). The molecule has 0 radical (unpaired) electrons. The van der Waals surface area contributed by atoms with Gasteiger partial charge in [0, 0.05) is 31.7 Å². The maximum atomic E-state index is 11.8. The third-order valence-corrected chi connectivity index (χ3v) is 5.07. The van der Waals surface area contributed by atoms with Crippen LogP contribution < -0.4 is 10.6 Å². The number of rotatable bonds is 7. The van der Waals surface area contributed by atoms with Gasteiger partial charge in [0.1, 0.15) is 0 Å². The van der Waals surface area contributed by atoms with Crippen molar-refractivity contribution in [1.82, 2.24) is 15.5 Å². The standard InChI is InChI=1S/C19H36N4O3/c1-5-20-17(23-9-7-19(13-23)8-10-25-14-19)21-12-16(11-15(3)4)22-18(24)26-6-2/h15-16H,5-14H2,1-4H3,(H,20,21)(H,22,24). The molecule has 2 N–H and O–H groups in total. The number of carbonyl (C=O) groups excluding carboxylic acids is 1. The minimum absolute atomic E-state index is 0.0194. The molecule has 2 fully saturated rings. The molecule has 2 aliphatic heterocycles. The predicted octanol–water partition coefficient (Wildman–Crippen LogP) is 2.23. The predicted molar refractivity (Wildman–Crippen MR) is 103 cm³/mol. The van der Waals surface area contributed by atoms with Crippen LogP contribution in [0.5, 0.6) is 0 Å². The molecule has 0 aromatic carbocycles. The first-order valence-corrected chi connectivity index (χ1v) is 10.0. The van der Waals surface area contributed by atoms with Gasteiger partial charge < -0.3 is 25.0 Å². The third-order valence-electron chi connectivity index (χ3n) is 5.07. The molecule has 0 aromatic rings. The number of ether oxygens (including phenoxy) is 2. The van der Waals surface area contributed by atoms with E-state index in [1.807, 2.05) is 6.92 Å². The van der Waals surface area contributed by atoms with Gasteiger partial charge in [0.2, 0.25) is 0 Å². The highest BCUT2D eigenvalue weighted by atomic mass is 16.5. The summed E-state index contributed by atoms with van der Waals surface area (Å²) in [6.45, 7) is 13.7. The summed E-state index contributed by atoms with van der Waals surface area (Å²) >= 11 is 0.